The van der Waals surface area contributed by atoms with Gasteiger partial charge in [0.05, 0.1) is 31.8 Å². The molecule has 2 aromatic rings. The summed E-state index contributed by atoms with van der Waals surface area (Å²) in [7, 11) is 0. The van der Waals surface area contributed by atoms with Crippen LogP contribution in [0.3, 0.4) is 0 Å². The van der Waals surface area contributed by atoms with E-state index in [1.165, 1.54) is 12.4 Å². The molecular weight excluding hydrogens is 444 g/mol. The Bertz CT molecular complexity index is 817. The van der Waals surface area contributed by atoms with Crippen LogP contribution in [0.4, 0.5) is 5.69 Å². The summed E-state index contributed by atoms with van der Waals surface area (Å²) < 4.78 is 0. The lowest BCUT2D eigenvalue weighted by molar-refractivity contribution is -0.123. The van der Waals surface area contributed by atoms with Gasteiger partial charge in [-0.3, -0.25) is 19.7 Å². The van der Waals surface area contributed by atoms with Gasteiger partial charge in [-0.05, 0) is 25.9 Å². The molecule has 1 fully saturated rings. The van der Waals surface area contributed by atoms with Gasteiger partial charge in [-0.1, -0.05) is 46.4 Å². The van der Waals surface area contributed by atoms with Crippen LogP contribution in [0.1, 0.15) is 24.4 Å². The first-order chi connectivity index (χ1) is 13.4. The van der Waals surface area contributed by atoms with Gasteiger partial charge in [0.1, 0.15) is 0 Å². The van der Waals surface area contributed by atoms with Crippen LogP contribution in [-0.4, -0.2) is 40.4 Å². The Balaban J connectivity index is 1.86. The zero-order chi connectivity index (χ0) is 20.3. The zero-order valence-corrected chi connectivity index (χ0v) is 17.9. The monoisotopic (exact) mass is 461 g/mol. The molecule has 1 aliphatic heterocycles. The highest BCUT2D eigenvalue weighted by Gasteiger charge is 2.31. The van der Waals surface area contributed by atoms with Crippen molar-refractivity contribution in [1.82, 2.24) is 14.9 Å². The molecular formula is C18H19Cl4N5O. The lowest BCUT2D eigenvalue weighted by atomic mass is 9.94. The summed E-state index contributed by atoms with van der Waals surface area (Å²) in [5.74, 6) is -0.373. The standard InChI is InChI=1S/C18H19Cl4N5O/c19-11-5-24-6-12(20)16(11)15(27-3-1-10(2-4-27)18(23)28)9-26-17-13(21)7-25-8-14(17)22/h5-8,10,15H,1-4,9H2,(H2,23,28)(H,25,26). The smallest absolute Gasteiger partial charge is 0.220 e. The number of carbonyl (C=O) groups excluding carboxylic acids is 1. The van der Waals surface area contributed by atoms with Gasteiger partial charge >= 0.3 is 0 Å². The highest BCUT2D eigenvalue weighted by atomic mass is 35.5. The topological polar surface area (TPSA) is 84.1 Å². The molecule has 3 heterocycles. The summed E-state index contributed by atoms with van der Waals surface area (Å²) in [5.41, 5.74) is 6.82. The fraction of sp³-hybridized carbons (Fsp3) is 0.389. The van der Waals surface area contributed by atoms with Gasteiger partial charge < -0.3 is 11.1 Å². The van der Waals surface area contributed by atoms with Gasteiger partial charge in [-0.15, -0.1) is 0 Å². The molecule has 3 rings (SSSR count). The number of nitrogens with zero attached hydrogens (tertiary/aromatic N) is 3. The van der Waals surface area contributed by atoms with Crippen molar-refractivity contribution in [3.8, 4) is 0 Å². The van der Waals surface area contributed by atoms with Crippen molar-refractivity contribution in [3.05, 3.63) is 50.4 Å². The van der Waals surface area contributed by atoms with E-state index in [1.807, 2.05) is 0 Å². The predicted molar refractivity (Wildman–Crippen MR) is 113 cm³/mol. The van der Waals surface area contributed by atoms with Crippen molar-refractivity contribution in [2.45, 2.75) is 18.9 Å². The Kier molecular flexibility index (Phi) is 7.23. The number of pyridine rings is 2. The molecule has 2 aromatic heterocycles. The molecule has 1 saturated heterocycles. The van der Waals surface area contributed by atoms with Crippen LogP contribution in [0, 0.1) is 5.92 Å². The van der Waals surface area contributed by atoms with E-state index >= 15 is 0 Å². The van der Waals surface area contributed by atoms with Gasteiger partial charge in [-0.2, -0.15) is 0 Å². The number of hydrogen-bond acceptors (Lipinski definition) is 5. The van der Waals surface area contributed by atoms with Crippen molar-refractivity contribution >= 4 is 58.0 Å². The summed E-state index contributed by atoms with van der Waals surface area (Å²) in [6.45, 7) is 1.83. The number of nitrogens with two attached hydrogens (primary N) is 1. The molecule has 0 bridgehead atoms. The van der Waals surface area contributed by atoms with Crippen molar-refractivity contribution < 1.29 is 4.79 Å². The number of hydrogen-bond donors (Lipinski definition) is 2. The van der Waals surface area contributed by atoms with Gasteiger partial charge in [0, 0.05) is 42.8 Å². The van der Waals surface area contributed by atoms with Gasteiger partial charge in [-0.25, -0.2) is 0 Å². The Labute approximate surface area is 183 Å². The van der Waals surface area contributed by atoms with Crippen LogP contribution < -0.4 is 11.1 Å². The number of piperidine rings is 1. The number of carbonyl (C=O) groups is 1. The summed E-state index contributed by atoms with van der Waals surface area (Å²) in [6.07, 6.45) is 7.55. The second kappa shape index (κ2) is 9.46. The average Bonchev–Trinajstić information content (AvgIpc) is 2.66. The summed E-state index contributed by atoms with van der Waals surface area (Å²) >= 11 is 25.3. The van der Waals surface area contributed by atoms with E-state index in [1.54, 1.807) is 12.4 Å². The SMILES string of the molecule is NC(=O)C1CCN(C(CNc2c(Cl)cncc2Cl)c2c(Cl)cncc2Cl)CC1. The number of likely N-dealkylation sites (tertiary alicyclic amines) is 1. The van der Waals surface area contributed by atoms with E-state index in [0.717, 1.165) is 5.56 Å². The molecule has 1 unspecified atom stereocenters. The predicted octanol–water partition coefficient (Wildman–Crippen LogP) is 4.44. The van der Waals surface area contributed by atoms with Gasteiger partial charge in [0.25, 0.3) is 0 Å². The van der Waals surface area contributed by atoms with E-state index in [-0.39, 0.29) is 17.9 Å². The van der Waals surface area contributed by atoms with Crippen LogP contribution in [-0.2, 0) is 4.79 Å². The van der Waals surface area contributed by atoms with Gasteiger partial charge in [0.2, 0.25) is 5.91 Å². The van der Waals surface area contributed by atoms with Gasteiger partial charge in [0.15, 0.2) is 0 Å². The first-order valence-corrected chi connectivity index (χ1v) is 10.2. The maximum Gasteiger partial charge on any atom is 0.220 e. The summed E-state index contributed by atoms with van der Waals surface area (Å²) in [4.78, 5) is 21.7. The van der Waals surface area contributed by atoms with Crippen LogP contribution in [0.15, 0.2) is 24.8 Å². The highest BCUT2D eigenvalue weighted by Crippen LogP contribution is 2.36. The quantitative estimate of drug-likeness (QED) is 0.662. The molecule has 150 valence electrons. The third-order valence-electron chi connectivity index (χ3n) is 4.92. The molecule has 0 spiro atoms. The number of amides is 1. The molecule has 28 heavy (non-hydrogen) atoms. The third kappa shape index (κ3) is 4.81. The lowest BCUT2D eigenvalue weighted by Gasteiger charge is -2.38. The molecule has 10 heteroatoms. The zero-order valence-electron chi connectivity index (χ0n) is 14.8. The van der Waals surface area contributed by atoms with Crippen molar-refractivity contribution in [2.75, 3.05) is 25.0 Å². The van der Waals surface area contributed by atoms with Crippen molar-refractivity contribution in [1.29, 1.82) is 0 Å². The number of nitrogens with one attached hydrogen (secondary N) is 1. The summed E-state index contributed by atoms with van der Waals surface area (Å²) in [5, 5.41) is 5.08. The normalized spacial score (nSPS) is 16.7. The lowest BCUT2D eigenvalue weighted by Crippen LogP contribution is -2.42. The Morgan fingerprint density at radius 1 is 1.04 bits per heavy atom. The molecule has 3 N–H and O–H groups in total. The van der Waals surface area contributed by atoms with E-state index in [4.69, 9.17) is 52.1 Å². The second-order valence-electron chi connectivity index (χ2n) is 6.60. The number of aromatic nitrogens is 2. The number of anilines is 1. The molecule has 1 aliphatic rings. The molecule has 0 saturated carbocycles. The minimum Gasteiger partial charge on any atom is -0.381 e. The van der Waals surface area contributed by atoms with Crippen LogP contribution in [0.25, 0.3) is 0 Å². The Morgan fingerprint density at radius 2 is 1.54 bits per heavy atom. The maximum absolute atomic E-state index is 11.5. The van der Waals surface area contributed by atoms with Crippen LogP contribution in [0.2, 0.25) is 20.1 Å². The average molecular weight is 463 g/mol. The Hall–Kier alpha value is -1.31. The minimum atomic E-state index is -0.260. The molecule has 0 aliphatic carbocycles. The molecule has 0 aromatic carbocycles. The van der Waals surface area contributed by atoms with E-state index in [9.17, 15) is 4.79 Å². The second-order valence-corrected chi connectivity index (χ2v) is 8.23. The first kappa shape index (κ1) is 21.4. The van der Waals surface area contributed by atoms with E-state index < -0.39 is 0 Å². The minimum absolute atomic E-state index is 0.114. The molecule has 6 nitrogen and oxygen atoms in total. The maximum atomic E-state index is 11.5. The van der Waals surface area contributed by atoms with E-state index in [0.29, 0.717) is 58.3 Å². The van der Waals surface area contributed by atoms with Crippen molar-refractivity contribution in [3.63, 3.8) is 0 Å². The first-order valence-electron chi connectivity index (χ1n) is 8.73. The molecule has 1 amide bonds. The fourth-order valence-electron chi connectivity index (χ4n) is 3.43. The molecule has 0 radical (unpaired) electrons. The number of primary amides is 1. The fourth-order valence-corrected chi connectivity index (χ4v) is 4.54. The van der Waals surface area contributed by atoms with Crippen molar-refractivity contribution in [2.24, 2.45) is 11.7 Å². The Morgan fingerprint density at radius 3 is 2.04 bits per heavy atom. The highest BCUT2D eigenvalue weighted by molar-refractivity contribution is 6.39. The van der Waals surface area contributed by atoms with Crippen LogP contribution in [0.5, 0.6) is 0 Å². The largest absolute Gasteiger partial charge is 0.381 e. The molecule has 1 atom stereocenters. The number of rotatable bonds is 6. The number of halogens is 4. The summed E-state index contributed by atoms with van der Waals surface area (Å²) in [6, 6.07) is -0.169. The van der Waals surface area contributed by atoms with Crippen LogP contribution >= 0.6 is 46.4 Å². The third-order valence-corrected chi connectivity index (χ3v) is 6.10. The van der Waals surface area contributed by atoms with E-state index in [2.05, 4.69) is 20.2 Å².